The Morgan fingerprint density at radius 1 is 1.33 bits per heavy atom. The normalized spacial score (nSPS) is 23.0. The van der Waals surface area contributed by atoms with Crippen LogP contribution in [0.25, 0.3) is 0 Å². The van der Waals surface area contributed by atoms with Crippen molar-refractivity contribution in [3.8, 4) is 0 Å². The Hall–Kier alpha value is -1.49. The molecule has 0 bridgehead atoms. The van der Waals surface area contributed by atoms with Gasteiger partial charge < -0.3 is 14.7 Å². The first-order valence-electron chi connectivity index (χ1n) is 7.28. The lowest BCUT2D eigenvalue weighted by Crippen LogP contribution is -2.47. The van der Waals surface area contributed by atoms with Crippen molar-refractivity contribution in [2.24, 2.45) is 0 Å². The fourth-order valence-corrected chi connectivity index (χ4v) is 2.56. The van der Waals surface area contributed by atoms with Crippen molar-refractivity contribution in [1.82, 2.24) is 4.90 Å². The summed E-state index contributed by atoms with van der Waals surface area (Å²) in [5, 5.41) is 10.3. The fourth-order valence-electron chi connectivity index (χ4n) is 2.56. The Bertz CT molecular complexity index is 495. The number of ether oxygens (including phenoxy) is 1. The van der Waals surface area contributed by atoms with Gasteiger partial charge in [-0.2, -0.15) is 0 Å². The molecule has 1 saturated heterocycles. The number of nitrogens with zero attached hydrogens (tertiary/aromatic N) is 1. The third kappa shape index (κ3) is 4.24. The second-order valence-corrected chi connectivity index (χ2v) is 6.56. The molecule has 0 spiro atoms. The number of hydrogen-bond donors (Lipinski definition) is 1. The van der Waals surface area contributed by atoms with Crippen LogP contribution in [0.1, 0.15) is 38.7 Å². The highest BCUT2D eigenvalue weighted by Gasteiger charge is 2.33. The van der Waals surface area contributed by atoms with Gasteiger partial charge in [-0.15, -0.1) is 0 Å². The van der Waals surface area contributed by atoms with Crippen molar-refractivity contribution >= 4 is 19.4 Å². The predicted molar refractivity (Wildman–Crippen MR) is 83.0 cm³/mol. The number of amides is 1. The smallest absolute Gasteiger partial charge is 0.410 e. The number of benzene rings is 1. The van der Waals surface area contributed by atoms with Crippen molar-refractivity contribution in [3.05, 3.63) is 29.8 Å². The monoisotopic (exact) mass is 287 g/mol. The summed E-state index contributed by atoms with van der Waals surface area (Å²) in [7, 11) is 5.68. The van der Waals surface area contributed by atoms with E-state index in [1.54, 1.807) is 4.90 Å². The SMILES string of the molecule is [B]c1ccc(C2CCN(C(=O)OC(C)(C)C)CC2O)cc1. The van der Waals surface area contributed by atoms with Gasteiger partial charge in [-0.05, 0) is 32.8 Å². The average Bonchev–Trinajstić information content (AvgIpc) is 2.38. The Kier molecular flexibility index (Phi) is 4.62. The Morgan fingerprint density at radius 2 is 1.95 bits per heavy atom. The fraction of sp³-hybridized carbons (Fsp3) is 0.562. The molecular weight excluding hydrogens is 265 g/mol. The number of carbonyl (C=O) groups excluding carboxylic acids is 1. The molecule has 21 heavy (non-hydrogen) atoms. The van der Waals surface area contributed by atoms with Crippen molar-refractivity contribution in [1.29, 1.82) is 0 Å². The topological polar surface area (TPSA) is 49.8 Å². The molecule has 0 aliphatic carbocycles. The zero-order valence-corrected chi connectivity index (χ0v) is 12.9. The van der Waals surface area contributed by atoms with Crippen LogP contribution in [-0.2, 0) is 4.74 Å². The minimum Gasteiger partial charge on any atom is -0.444 e. The first-order valence-corrected chi connectivity index (χ1v) is 7.28. The maximum atomic E-state index is 12.0. The van der Waals surface area contributed by atoms with E-state index >= 15 is 0 Å². The molecule has 2 unspecified atom stereocenters. The molecule has 2 atom stereocenters. The maximum absolute atomic E-state index is 12.0. The molecule has 112 valence electrons. The first kappa shape index (κ1) is 15.9. The van der Waals surface area contributed by atoms with Crippen LogP contribution < -0.4 is 5.46 Å². The number of carbonyl (C=O) groups is 1. The van der Waals surface area contributed by atoms with Crippen molar-refractivity contribution in [3.63, 3.8) is 0 Å². The van der Waals surface area contributed by atoms with E-state index in [-0.39, 0.29) is 12.0 Å². The van der Waals surface area contributed by atoms with E-state index < -0.39 is 11.7 Å². The molecule has 1 aromatic rings. The van der Waals surface area contributed by atoms with Gasteiger partial charge in [-0.25, -0.2) is 4.79 Å². The van der Waals surface area contributed by atoms with Gasteiger partial charge in [0.2, 0.25) is 0 Å². The molecule has 1 aliphatic heterocycles. The summed E-state index contributed by atoms with van der Waals surface area (Å²) < 4.78 is 5.34. The van der Waals surface area contributed by atoms with Crippen LogP contribution in [0.5, 0.6) is 0 Å². The second kappa shape index (κ2) is 6.10. The third-order valence-electron chi connectivity index (χ3n) is 3.60. The zero-order valence-electron chi connectivity index (χ0n) is 12.9. The Balaban J connectivity index is 1.99. The van der Waals surface area contributed by atoms with Gasteiger partial charge in [0.15, 0.2) is 0 Å². The lowest BCUT2D eigenvalue weighted by molar-refractivity contribution is -0.00151. The number of piperidine rings is 1. The Morgan fingerprint density at radius 3 is 2.48 bits per heavy atom. The first-order chi connectivity index (χ1) is 9.76. The molecule has 1 N–H and O–H groups in total. The maximum Gasteiger partial charge on any atom is 0.410 e. The number of aliphatic hydroxyl groups is 1. The summed E-state index contributed by atoms with van der Waals surface area (Å²) in [5.41, 5.74) is 1.25. The summed E-state index contributed by atoms with van der Waals surface area (Å²) >= 11 is 0. The van der Waals surface area contributed by atoms with Crippen molar-refractivity contribution < 1.29 is 14.6 Å². The highest BCUT2D eigenvalue weighted by atomic mass is 16.6. The molecule has 0 saturated carbocycles. The quantitative estimate of drug-likeness (QED) is 0.798. The molecule has 0 aromatic heterocycles. The zero-order chi connectivity index (χ0) is 15.6. The summed E-state index contributed by atoms with van der Waals surface area (Å²) in [5.74, 6) is 0.0317. The molecule has 1 heterocycles. The molecule has 4 nitrogen and oxygen atoms in total. The summed E-state index contributed by atoms with van der Waals surface area (Å²) in [6.45, 7) is 6.39. The number of hydrogen-bond acceptors (Lipinski definition) is 3. The van der Waals surface area contributed by atoms with E-state index in [1.165, 1.54) is 0 Å². The highest BCUT2D eigenvalue weighted by Crippen LogP contribution is 2.28. The van der Waals surface area contributed by atoms with Crippen LogP contribution in [0.15, 0.2) is 24.3 Å². The van der Waals surface area contributed by atoms with Crippen LogP contribution in [0.2, 0.25) is 0 Å². The number of β-amino-alcohol motifs (C(OH)–C–C–N with tert-alkyl or cyclic N) is 1. The van der Waals surface area contributed by atoms with Crippen LogP contribution in [0.3, 0.4) is 0 Å². The molecule has 1 amide bonds. The number of aliphatic hydroxyl groups excluding tert-OH is 1. The molecule has 1 aromatic carbocycles. The molecule has 1 aliphatic rings. The largest absolute Gasteiger partial charge is 0.444 e. The van der Waals surface area contributed by atoms with Gasteiger partial charge in [-0.3, -0.25) is 0 Å². The van der Waals surface area contributed by atoms with E-state index in [2.05, 4.69) is 0 Å². The predicted octanol–water partition coefficient (Wildman–Crippen LogP) is 1.57. The van der Waals surface area contributed by atoms with Gasteiger partial charge in [0.25, 0.3) is 0 Å². The summed E-state index contributed by atoms with van der Waals surface area (Å²) in [6.07, 6.45) is -0.239. The minimum absolute atomic E-state index is 0.0317. The molecular formula is C16H22BNO3. The molecule has 1 fully saturated rings. The van der Waals surface area contributed by atoms with Gasteiger partial charge >= 0.3 is 6.09 Å². The summed E-state index contributed by atoms with van der Waals surface area (Å²) in [4.78, 5) is 13.6. The van der Waals surface area contributed by atoms with Crippen LogP contribution >= 0.6 is 0 Å². The van der Waals surface area contributed by atoms with Crippen LogP contribution in [0, 0.1) is 0 Å². The lowest BCUT2D eigenvalue weighted by Gasteiger charge is -2.37. The van der Waals surface area contributed by atoms with E-state index in [9.17, 15) is 9.90 Å². The second-order valence-electron chi connectivity index (χ2n) is 6.56. The van der Waals surface area contributed by atoms with E-state index in [4.69, 9.17) is 12.6 Å². The van der Waals surface area contributed by atoms with Gasteiger partial charge in [-0.1, -0.05) is 29.7 Å². The van der Waals surface area contributed by atoms with Crippen LogP contribution in [0.4, 0.5) is 4.79 Å². The van der Waals surface area contributed by atoms with E-state index in [0.717, 1.165) is 5.56 Å². The van der Waals surface area contributed by atoms with Gasteiger partial charge in [0.1, 0.15) is 13.4 Å². The molecule has 2 rings (SSSR count). The van der Waals surface area contributed by atoms with E-state index in [1.807, 2.05) is 45.0 Å². The third-order valence-corrected chi connectivity index (χ3v) is 3.60. The standard InChI is InChI=1S/C16H22BNO3/c1-16(2,3)21-15(20)18-9-8-13(14(19)10-18)11-4-6-12(17)7-5-11/h4-7,13-14,19H,8-10H2,1-3H3. The Labute approximate surface area is 127 Å². The minimum atomic E-state index is -0.588. The number of rotatable bonds is 1. The lowest BCUT2D eigenvalue weighted by atomic mass is 9.85. The highest BCUT2D eigenvalue weighted by molar-refractivity contribution is 6.32. The molecule has 2 radical (unpaired) electrons. The number of likely N-dealkylation sites (tertiary alicyclic amines) is 1. The van der Waals surface area contributed by atoms with Crippen LogP contribution in [-0.4, -0.2) is 48.7 Å². The van der Waals surface area contributed by atoms with E-state index in [0.29, 0.717) is 25.0 Å². The van der Waals surface area contributed by atoms with Gasteiger partial charge in [0.05, 0.1) is 12.6 Å². The van der Waals surface area contributed by atoms with Crippen molar-refractivity contribution in [2.45, 2.75) is 44.8 Å². The van der Waals surface area contributed by atoms with Gasteiger partial charge in [0, 0.05) is 12.5 Å². The molecule has 5 heteroatoms. The average molecular weight is 287 g/mol. The summed E-state index contributed by atoms with van der Waals surface area (Å²) in [6, 6.07) is 7.54. The van der Waals surface area contributed by atoms with Crippen molar-refractivity contribution in [2.75, 3.05) is 13.1 Å².